The van der Waals surface area contributed by atoms with Gasteiger partial charge >= 0.3 is 0 Å². The Morgan fingerprint density at radius 1 is 1.40 bits per heavy atom. The zero-order valence-electron chi connectivity index (χ0n) is 5.11. The van der Waals surface area contributed by atoms with E-state index in [1.807, 2.05) is 0 Å². The van der Waals surface area contributed by atoms with Gasteiger partial charge in [0, 0.05) is 0 Å². The fraction of sp³-hybridized carbons (Fsp3) is 0. The van der Waals surface area contributed by atoms with Crippen molar-refractivity contribution in [3.63, 3.8) is 0 Å². The lowest BCUT2D eigenvalue weighted by Gasteiger charge is -1.92. The van der Waals surface area contributed by atoms with E-state index in [1.54, 1.807) is 24.3 Å². The van der Waals surface area contributed by atoms with Crippen molar-refractivity contribution in [1.29, 1.82) is 0 Å². The second-order valence-corrected chi connectivity index (χ2v) is 1.87. The maximum absolute atomic E-state index is 9.06. The molecule has 0 aliphatic heterocycles. The molecule has 0 heterocycles. The number of para-hydroxylation sites is 2. The van der Waals surface area contributed by atoms with Crippen LogP contribution in [-0.4, -0.2) is 10.3 Å². The van der Waals surface area contributed by atoms with Crippen molar-refractivity contribution in [2.45, 2.75) is 0 Å². The van der Waals surface area contributed by atoms with Crippen LogP contribution >= 0.6 is 12.2 Å². The van der Waals surface area contributed by atoms with Gasteiger partial charge in [0.15, 0.2) is 0 Å². The van der Waals surface area contributed by atoms with Crippen LogP contribution in [0.5, 0.6) is 5.75 Å². The number of phenols is 1. The summed E-state index contributed by atoms with van der Waals surface area (Å²) in [6, 6.07) is 6.70. The predicted molar refractivity (Wildman–Crippen MR) is 42.8 cm³/mol. The average molecular weight is 151 g/mol. The number of isothiocyanates is 1. The molecule has 0 aliphatic rings. The van der Waals surface area contributed by atoms with Crippen molar-refractivity contribution in [1.82, 2.24) is 0 Å². The van der Waals surface area contributed by atoms with Crippen molar-refractivity contribution in [3.05, 3.63) is 24.3 Å². The number of aliphatic imine (C=N–C) groups is 1. The van der Waals surface area contributed by atoms with Gasteiger partial charge in [0.2, 0.25) is 0 Å². The normalized spacial score (nSPS) is 8.40. The summed E-state index contributed by atoms with van der Waals surface area (Å²) in [6.07, 6.45) is 0. The van der Waals surface area contributed by atoms with Crippen LogP contribution in [0.2, 0.25) is 0 Å². The Morgan fingerprint density at radius 2 is 2.10 bits per heavy atom. The van der Waals surface area contributed by atoms with Crippen LogP contribution < -0.4 is 0 Å². The summed E-state index contributed by atoms with van der Waals surface area (Å²) < 4.78 is 0. The average Bonchev–Trinajstić information content (AvgIpc) is 1.94. The summed E-state index contributed by atoms with van der Waals surface area (Å²) in [6.45, 7) is 0. The molecule has 0 saturated carbocycles. The summed E-state index contributed by atoms with van der Waals surface area (Å²) in [5, 5.41) is 11.2. The van der Waals surface area contributed by atoms with Crippen molar-refractivity contribution < 1.29 is 5.11 Å². The van der Waals surface area contributed by atoms with E-state index in [2.05, 4.69) is 22.4 Å². The molecule has 1 N–H and O–H groups in total. The second kappa shape index (κ2) is 3.11. The molecular weight excluding hydrogens is 146 g/mol. The highest BCUT2D eigenvalue weighted by atomic mass is 32.1. The van der Waals surface area contributed by atoms with Crippen LogP contribution in [0, 0.1) is 0 Å². The van der Waals surface area contributed by atoms with E-state index in [0.717, 1.165) is 0 Å². The minimum absolute atomic E-state index is 0.125. The monoisotopic (exact) mass is 151 g/mol. The van der Waals surface area contributed by atoms with Gasteiger partial charge in [-0.1, -0.05) is 12.1 Å². The third kappa shape index (κ3) is 1.41. The highest BCUT2D eigenvalue weighted by Gasteiger charge is 1.92. The SMILES string of the molecule is Oc1ccccc1N=C=S. The lowest BCUT2D eigenvalue weighted by Crippen LogP contribution is -1.64. The minimum atomic E-state index is 0.125. The van der Waals surface area contributed by atoms with Gasteiger partial charge in [0.05, 0.1) is 5.16 Å². The van der Waals surface area contributed by atoms with Crippen molar-refractivity contribution in [2.24, 2.45) is 4.99 Å². The molecule has 10 heavy (non-hydrogen) atoms. The zero-order chi connectivity index (χ0) is 7.40. The Balaban J connectivity index is 3.14. The topological polar surface area (TPSA) is 32.6 Å². The number of thiocarbonyl (C=S) groups is 1. The fourth-order valence-electron chi connectivity index (χ4n) is 0.608. The number of rotatable bonds is 1. The Labute approximate surface area is 63.8 Å². The molecule has 0 aromatic heterocycles. The molecule has 2 nitrogen and oxygen atoms in total. The highest BCUT2D eigenvalue weighted by molar-refractivity contribution is 7.78. The summed E-state index contributed by atoms with van der Waals surface area (Å²) >= 11 is 4.37. The fourth-order valence-corrected chi connectivity index (χ4v) is 0.706. The van der Waals surface area contributed by atoms with E-state index >= 15 is 0 Å². The highest BCUT2D eigenvalue weighted by Crippen LogP contribution is 2.23. The van der Waals surface area contributed by atoms with Gasteiger partial charge in [-0.3, -0.25) is 0 Å². The third-order valence-corrected chi connectivity index (χ3v) is 1.14. The number of aromatic hydroxyl groups is 1. The molecule has 0 saturated heterocycles. The molecule has 0 spiro atoms. The van der Waals surface area contributed by atoms with Crippen LogP contribution in [-0.2, 0) is 0 Å². The molecule has 1 aromatic carbocycles. The number of phenolic OH excluding ortho intramolecular Hbond substituents is 1. The van der Waals surface area contributed by atoms with Gasteiger partial charge in [-0.25, -0.2) is 0 Å². The van der Waals surface area contributed by atoms with E-state index in [1.165, 1.54) is 0 Å². The first-order valence-corrected chi connectivity index (χ1v) is 3.11. The van der Waals surface area contributed by atoms with Gasteiger partial charge in [0.25, 0.3) is 0 Å². The van der Waals surface area contributed by atoms with Crippen molar-refractivity contribution >= 4 is 23.1 Å². The number of hydrogen-bond acceptors (Lipinski definition) is 3. The minimum Gasteiger partial charge on any atom is -0.506 e. The lowest BCUT2D eigenvalue weighted by atomic mass is 10.3. The first-order valence-electron chi connectivity index (χ1n) is 2.70. The molecule has 50 valence electrons. The third-order valence-electron chi connectivity index (χ3n) is 1.05. The molecule has 1 rings (SSSR count). The Hall–Kier alpha value is -1.18. The van der Waals surface area contributed by atoms with Crippen LogP contribution in [0.15, 0.2) is 29.3 Å². The van der Waals surface area contributed by atoms with Gasteiger partial charge < -0.3 is 5.11 Å². The summed E-state index contributed by atoms with van der Waals surface area (Å²) in [5.74, 6) is 0.125. The van der Waals surface area contributed by atoms with Gasteiger partial charge in [-0.15, -0.1) is 0 Å². The molecule has 0 amide bonds. The zero-order valence-corrected chi connectivity index (χ0v) is 5.93. The van der Waals surface area contributed by atoms with Gasteiger partial charge in [-0.05, 0) is 24.4 Å². The quantitative estimate of drug-likeness (QED) is 0.492. The van der Waals surface area contributed by atoms with Gasteiger partial charge in [0.1, 0.15) is 11.4 Å². The van der Waals surface area contributed by atoms with E-state index in [4.69, 9.17) is 5.11 Å². The first-order chi connectivity index (χ1) is 4.84. The standard InChI is InChI=1S/C7H5NOS/c9-7-4-2-1-3-6(7)8-5-10/h1-4,9H. The molecule has 3 heteroatoms. The molecule has 1 aromatic rings. The molecule has 0 bridgehead atoms. The van der Waals surface area contributed by atoms with Crippen molar-refractivity contribution in [2.75, 3.05) is 0 Å². The van der Waals surface area contributed by atoms with Gasteiger partial charge in [-0.2, -0.15) is 4.99 Å². The molecule has 0 unspecified atom stereocenters. The van der Waals surface area contributed by atoms with Crippen LogP contribution in [0.3, 0.4) is 0 Å². The van der Waals surface area contributed by atoms with E-state index in [-0.39, 0.29) is 5.75 Å². The second-order valence-electron chi connectivity index (χ2n) is 1.69. The summed E-state index contributed by atoms with van der Waals surface area (Å²) in [7, 11) is 0. The predicted octanol–water partition coefficient (Wildman–Crippen LogP) is 2.13. The lowest BCUT2D eigenvalue weighted by molar-refractivity contribution is 0.477. The molecular formula is C7H5NOS. The largest absolute Gasteiger partial charge is 0.506 e. The van der Waals surface area contributed by atoms with E-state index < -0.39 is 0 Å². The Kier molecular flexibility index (Phi) is 2.15. The number of hydrogen-bond donors (Lipinski definition) is 1. The molecule has 0 atom stereocenters. The van der Waals surface area contributed by atoms with Crippen molar-refractivity contribution in [3.8, 4) is 5.75 Å². The van der Waals surface area contributed by atoms with Crippen LogP contribution in [0.1, 0.15) is 0 Å². The maximum atomic E-state index is 9.06. The first kappa shape index (κ1) is 6.93. The Morgan fingerprint density at radius 3 is 2.70 bits per heavy atom. The molecule has 0 aliphatic carbocycles. The van der Waals surface area contributed by atoms with E-state index in [0.29, 0.717) is 5.69 Å². The smallest absolute Gasteiger partial charge is 0.142 e. The summed E-state index contributed by atoms with van der Waals surface area (Å²) in [5.41, 5.74) is 0.456. The number of benzene rings is 1. The molecule has 0 radical (unpaired) electrons. The van der Waals surface area contributed by atoms with Crippen LogP contribution in [0.4, 0.5) is 5.69 Å². The number of nitrogens with zero attached hydrogens (tertiary/aromatic N) is 1. The Bertz CT molecular complexity index is 279. The maximum Gasteiger partial charge on any atom is 0.142 e. The molecule has 0 fully saturated rings. The van der Waals surface area contributed by atoms with E-state index in [9.17, 15) is 0 Å². The van der Waals surface area contributed by atoms with Crippen LogP contribution in [0.25, 0.3) is 0 Å². The summed E-state index contributed by atoms with van der Waals surface area (Å²) in [4.78, 5) is 3.62.